The highest BCUT2D eigenvalue weighted by Gasteiger charge is 2.19. The standard InChI is InChI=1S/C18H24N2/c1-12-9-10-17(14(3)13(12)2)18(20(4)5)15-7-6-8-16(19)11-15/h6-11,18H,19H2,1-5H3. The van der Waals surface area contributed by atoms with Crippen LogP contribution in [0.3, 0.4) is 0 Å². The van der Waals surface area contributed by atoms with Gasteiger partial charge in [0.05, 0.1) is 6.04 Å². The Hall–Kier alpha value is -1.80. The second kappa shape index (κ2) is 5.68. The number of hydrogen-bond donors (Lipinski definition) is 1. The Morgan fingerprint density at radius 2 is 1.65 bits per heavy atom. The van der Waals surface area contributed by atoms with E-state index < -0.39 is 0 Å². The Morgan fingerprint density at radius 3 is 2.25 bits per heavy atom. The molecule has 0 aliphatic heterocycles. The van der Waals surface area contributed by atoms with Crippen molar-refractivity contribution in [2.75, 3.05) is 19.8 Å². The normalized spacial score (nSPS) is 12.7. The summed E-state index contributed by atoms with van der Waals surface area (Å²) in [4.78, 5) is 2.24. The predicted octanol–water partition coefficient (Wildman–Crippen LogP) is 3.85. The summed E-state index contributed by atoms with van der Waals surface area (Å²) in [6.07, 6.45) is 0. The van der Waals surface area contributed by atoms with Gasteiger partial charge in [-0.2, -0.15) is 0 Å². The maximum Gasteiger partial charge on any atom is 0.0600 e. The largest absolute Gasteiger partial charge is 0.399 e. The van der Waals surface area contributed by atoms with E-state index in [0.29, 0.717) is 0 Å². The van der Waals surface area contributed by atoms with Gasteiger partial charge < -0.3 is 5.73 Å². The van der Waals surface area contributed by atoms with Gasteiger partial charge in [-0.3, -0.25) is 4.90 Å². The minimum absolute atomic E-state index is 0.234. The average molecular weight is 268 g/mol. The molecule has 2 heteroatoms. The molecule has 2 rings (SSSR count). The van der Waals surface area contributed by atoms with Crippen molar-refractivity contribution in [3.8, 4) is 0 Å². The van der Waals surface area contributed by atoms with Gasteiger partial charge in [-0.15, -0.1) is 0 Å². The van der Waals surface area contributed by atoms with E-state index in [1.165, 1.54) is 27.8 Å². The first kappa shape index (κ1) is 14.6. The lowest BCUT2D eigenvalue weighted by Gasteiger charge is -2.28. The van der Waals surface area contributed by atoms with E-state index in [0.717, 1.165) is 5.69 Å². The fourth-order valence-electron chi connectivity index (χ4n) is 2.76. The second-order valence-electron chi connectivity index (χ2n) is 5.76. The first-order valence-corrected chi connectivity index (χ1v) is 7.00. The number of aryl methyl sites for hydroxylation is 1. The average Bonchev–Trinajstić information content (AvgIpc) is 2.39. The SMILES string of the molecule is Cc1ccc(C(c2cccc(N)c2)N(C)C)c(C)c1C. The molecule has 0 heterocycles. The van der Waals surface area contributed by atoms with Crippen LogP contribution in [-0.2, 0) is 0 Å². The number of anilines is 1. The molecule has 2 aromatic rings. The van der Waals surface area contributed by atoms with E-state index in [2.05, 4.69) is 64.0 Å². The summed E-state index contributed by atoms with van der Waals surface area (Å²) in [7, 11) is 4.23. The van der Waals surface area contributed by atoms with Crippen LogP contribution in [0.15, 0.2) is 36.4 Å². The third-order valence-electron chi connectivity index (χ3n) is 4.14. The number of nitrogens with zero attached hydrogens (tertiary/aromatic N) is 1. The van der Waals surface area contributed by atoms with Crippen LogP contribution >= 0.6 is 0 Å². The van der Waals surface area contributed by atoms with Crippen LogP contribution in [0, 0.1) is 20.8 Å². The molecule has 106 valence electrons. The topological polar surface area (TPSA) is 29.3 Å². The third-order valence-corrected chi connectivity index (χ3v) is 4.14. The Balaban J connectivity index is 2.58. The summed E-state index contributed by atoms with van der Waals surface area (Å²) in [6.45, 7) is 6.57. The minimum Gasteiger partial charge on any atom is -0.399 e. The van der Waals surface area contributed by atoms with E-state index >= 15 is 0 Å². The van der Waals surface area contributed by atoms with Crippen LogP contribution in [0.4, 0.5) is 5.69 Å². The molecule has 0 fully saturated rings. The van der Waals surface area contributed by atoms with Gasteiger partial charge >= 0.3 is 0 Å². The molecule has 0 bridgehead atoms. The lowest BCUT2D eigenvalue weighted by molar-refractivity contribution is 0.341. The Kier molecular flexibility index (Phi) is 4.15. The molecule has 1 unspecified atom stereocenters. The van der Waals surface area contributed by atoms with Gasteiger partial charge in [-0.05, 0) is 74.8 Å². The smallest absolute Gasteiger partial charge is 0.0600 e. The van der Waals surface area contributed by atoms with Crippen molar-refractivity contribution in [3.63, 3.8) is 0 Å². The molecule has 0 aliphatic carbocycles. The number of hydrogen-bond acceptors (Lipinski definition) is 2. The van der Waals surface area contributed by atoms with Crippen LogP contribution in [0.5, 0.6) is 0 Å². The van der Waals surface area contributed by atoms with Crippen molar-refractivity contribution in [3.05, 3.63) is 64.2 Å². The van der Waals surface area contributed by atoms with Crippen LogP contribution in [-0.4, -0.2) is 19.0 Å². The first-order chi connectivity index (χ1) is 9.41. The van der Waals surface area contributed by atoms with E-state index in [1.54, 1.807) is 0 Å². The van der Waals surface area contributed by atoms with Gasteiger partial charge in [0, 0.05) is 5.69 Å². The van der Waals surface area contributed by atoms with Crippen molar-refractivity contribution in [2.24, 2.45) is 0 Å². The van der Waals surface area contributed by atoms with Crippen molar-refractivity contribution in [1.29, 1.82) is 0 Å². The summed E-state index contributed by atoms with van der Waals surface area (Å²) in [5, 5.41) is 0. The molecule has 0 saturated heterocycles. The van der Waals surface area contributed by atoms with Gasteiger partial charge in [0.15, 0.2) is 0 Å². The van der Waals surface area contributed by atoms with Gasteiger partial charge in [-0.1, -0.05) is 24.3 Å². The van der Waals surface area contributed by atoms with Crippen LogP contribution in [0.1, 0.15) is 33.9 Å². The van der Waals surface area contributed by atoms with E-state index in [4.69, 9.17) is 5.73 Å². The second-order valence-corrected chi connectivity index (χ2v) is 5.76. The number of rotatable bonds is 3. The maximum absolute atomic E-state index is 5.95. The molecule has 2 nitrogen and oxygen atoms in total. The molecule has 0 amide bonds. The summed E-state index contributed by atoms with van der Waals surface area (Å²) >= 11 is 0. The van der Waals surface area contributed by atoms with E-state index in [1.807, 2.05) is 12.1 Å². The summed E-state index contributed by atoms with van der Waals surface area (Å²) < 4.78 is 0. The quantitative estimate of drug-likeness (QED) is 0.857. The number of nitrogens with two attached hydrogens (primary N) is 1. The first-order valence-electron chi connectivity index (χ1n) is 7.00. The molecular formula is C18H24N2. The lowest BCUT2D eigenvalue weighted by atomic mass is 9.90. The fourth-order valence-corrected chi connectivity index (χ4v) is 2.76. The Labute approximate surface area is 122 Å². The third kappa shape index (κ3) is 2.70. The predicted molar refractivity (Wildman–Crippen MR) is 87.0 cm³/mol. The molecule has 2 aromatic carbocycles. The van der Waals surface area contributed by atoms with Gasteiger partial charge in [0.1, 0.15) is 0 Å². The number of nitrogen functional groups attached to an aromatic ring is 1. The highest BCUT2D eigenvalue weighted by atomic mass is 15.1. The zero-order chi connectivity index (χ0) is 14.9. The molecule has 0 aliphatic rings. The molecule has 1 atom stereocenters. The summed E-state index contributed by atoms with van der Waals surface area (Å²) in [5.74, 6) is 0. The van der Waals surface area contributed by atoms with E-state index in [9.17, 15) is 0 Å². The molecule has 0 radical (unpaired) electrons. The zero-order valence-electron chi connectivity index (χ0n) is 13.1. The number of benzene rings is 2. The monoisotopic (exact) mass is 268 g/mol. The van der Waals surface area contributed by atoms with Gasteiger partial charge in [0.2, 0.25) is 0 Å². The van der Waals surface area contributed by atoms with Crippen molar-refractivity contribution < 1.29 is 0 Å². The molecule has 0 spiro atoms. The molecule has 20 heavy (non-hydrogen) atoms. The Bertz CT molecular complexity index is 615. The molecular weight excluding hydrogens is 244 g/mol. The fraction of sp³-hybridized carbons (Fsp3) is 0.333. The van der Waals surface area contributed by atoms with Gasteiger partial charge in [0.25, 0.3) is 0 Å². The molecule has 2 N–H and O–H groups in total. The van der Waals surface area contributed by atoms with Crippen LogP contribution in [0.2, 0.25) is 0 Å². The summed E-state index contributed by atoms with van der Waals surface area (Å²) in [5.41, 5.74) is 13.4. The highest BCUT2D eigenvalue weighted by Crippen LogP contribution is 2.32. The molecule has 0 aromatic heterocycles. The molecule has 0 saturated carbocycles. The zero-order valence-corrected chi connectivity index (χ0v) is 13.1. The van der Waals surface area contributed by atoms with Crippen molar-refractivity contribution in [1.82, 2.24) is 4.90 Å². The van der Waals surface area contributed by atoms with Crippen LogP contribution in [0.25, 0.3) is 0 Å². The van der Waals surface area contributed by atoms with Crippen molar-refractivity contribution in [2.45, 2.75) is 26.8 Å². The van der Waals surface area contributed by atoms with Crippen LogP contribution < -0.4 is 5.73 Å². The minimum atomic E-state index is 0.234. The maximum atomic E-state index is 5.95. The van der Waals surface area contributed by atoms with Gasteiger partial charge in [-0.25, -0.2) is 0 Å². The lowest BCUT2D eigenvalue weighted by Crippen LogP contribution is -2.22. The highest BCUT2D eigenvalue weighted by molar-refractivity contribution is 5.48. The van der Waals surface area contributed by atoms with Crippen molar-refractivity contribution >= 4 is 5.69 Å². The Morgan fingerprint density at radius 1 is 0.950 bits per heavy atom. The summed E-state index contributed by atoms with van der Waals surface area (Å²) in [6, 6.07) is 12.9. The van der Waals surface area contributed by atoms with E-state index in [-0.39, 0.29) is 6.04 Å².